The first-order valence-electron chi connectivity index (χ1n) is 7.14. The Labute approximate surface area is 127 Å². The van der Waals surface area contributed by atoms with Crippen LogP contribution in [0.1, 0.15) is 46.5 Å². The maximum atomic E-state index is 12.0. The van der Waals surface area contributed by atoms with Crippen LogP contribution in [0.2, 0.25) is 0 Å². The van der Waals surface area contributed by atoms with Gasteiger partial charge in [0, 0.05) is 12.8 Å². The molecule has 0 spiro atoms. The van der Waals surface area contributed by atoms with Crippen LogP contribution in [-0.2, 0) is 19.0 Å². The molecule has 0 aromatic heterocycles. The van der Waals surface area contributed by atoms with Gasteiger partial charge in [0.05, 0.1) is 12.9 Å². The summed E-state index contributed by atoms with van der Waals surface area (Å²) in [5.74, 6) is 0.218. The summed E-state index contributed by atoms with van der Waals surface area (Å²) in [6.45, 7) is 5.73. The van der Waals surface area contributed by atoms with E-state index < -0.39 is 15.7 Å². The standard InChI is InChI=1S/C14H26NO5S/c1-14(2,3)20-13(16)15(4)12-8-6-11(7-9-12)10-19-21(5,17)18/h11H,6-10H2,1-5H3/q+1. The van der Waals surface area contributed by atoms with Crippen LogP contribution in [0.5, 0.6) is 0 Å². The highest BCUT2D eigenvalue weighted by Gasteiger charge is 2.30. The van der Waals surface area contributed by atoms with Crippen molar-refractivity contribution in [3.8, 4) is 0 Å². The second-order valence-electron chi connectivity index (χ2n) is 6.54. The molecule has 1 amide bonds. The zero-order chi connectivity index (χ0) is 16.3. The number of hydrogen-bond donors (Lipinski definition) is 0. The van der Waals surface area contributed by atoms with E-state index in [2.05, 4.69) is 0 Å². The zero-order valence-corrected chi connectivity index (χ0v) is 14.3. The van der Waals surface area contributed by atoms with Crippen LogP contribution in [0.15, 0.2) is 0 Å². The third kappa shape index (κ3) is 7.04. The molecule has 1 saturated carbocycles. The van der Waals surface area contributed by atoms with E-state index in [9.17, 15) is 13.2 Å². The van der Waals surface area contributed by atoms with Crippen molar-refractivity contribution in [2.24, 2.45) is 5.92 Å². The lowest BCUT2D eigenvalue weighted by molar-refractivity contribution is -0.422. The van der Waals surface area contributed by atoms with Crippen LogP contribution in [0.25, 0.3) is 0 Å². The molecule has 122 valence electrons. The average Bonchev–Trinajstić information content (AvgIpc) is 2.33. The number of nitrogens with zero attached hydrogens (tertiary/aromatic N) is 1. The predicted octanol–water partition coefficient (Wildman–Crippen LogP) is 2.17. The molecule has 1 aliphatic rings. The summed E-state index contributed by atoms with van der Waals surface area (Å²) < 4.78 is 33.7. The number of carbonyl (C=O) groups is 1. The molecule has 0 aliphatic heterocycles. The maximum Gasteiger partial charge on any atom is 0.596 e. The Morgan fingerprint density at radius 3 is 2.24 bits per heavy atom. The second-order valence-corrected chi connectivity index (χ2v) is 8.18. The zero-order valence-electron chi connectivity index (χ0n) is 13.5. The second kappa shape index (κ2) is 6.87. The fraction of sp³-hybridized carbons (Fsp3) is 0.857. The quantitative estimate of drug-likeness (QED) is 0.588. The van der Waals surface area contributed by atoms with E-state index >= 15 is 0 Å². The Hall–Kier alpha value is -0.950. The van der Waals surface area contributed by atoms with Crippen molar-refractivity contribution in [3.63, 3.8) is 0 Å². The lowest BCUT2D eigenvalue weighted by atomic mass is 9.88. The van der Waals surface area contributed by atoms with E-state index in [1.165, 1.54) is 0 Å². The molecule has 0 bridgehead atoms. The fourth-order valence-electron chi connectivity index (χ4n) is 2.19. The topological polar surface area (TPSA) is 72.7 Å². The molecule has 6 nitrogen and oxygen atoms in total. The molecule has 1 rings (SSSR count). The number of amides is 1. The van der Waals surface area contributed by atoms with E-state index in [-0.39, 0.29) is 18.6 Å². The molecule has 0 aromatic carbocycles. The molecule has 7 heteroatoms. The Bertz CT molecular complexity index is 506. The minimum Gasteiger partial charge on any atom is -0.406 e. The van der Waals surface area contributed by atoms with Crippen molar-refractivity contribution in [1.29, 1.82) is 0 Å². The lowest BCUT2D eigenvalue weighted by Gasteiger charge is -2.21. The highest BCUT2D eigenvalue weighted by Crippen LogP contribution is 2.23. The molecule has 0 saturated heterocycles. The summed E-state index contributed by atoms with van der Waals surface area (Å²) in [4.78, 5) is 12.0. The van der Waals surface area contributed by atoms with Crippen molar-refractivity contribution in [2.75, 3.05) is 19.9 Å². The van der Waals surface area contributed by atoms with Gasteiger partial charge in [0.1, 0.15) is 12.6 Å². The van der Waals surface area contributed by atoms with Crippen LogP contribution in [0.3, 0.4) is 0 Å². The van der Waals surface area contributed by atoms with Crippen molar-refractivity contribution < 1.29 is 26.7 Å². The van der Waals surface area contributed by atoms with Crippen molar-refractivity contribution in [3.05, 3.63) is 0 Å². The van der Waals surface area contributed by atoms with Crippen LogP contribution in [0, 0.1) is 5.92 Å². The molecule has 0 N–H and O–H groups in total. The highest BCUT2D eigenvalue weighted by atomic mass is 32.2. The van der Waals surface area contributed by atoms with Gasteiger partial charge in [-0.05, 0) is 39.5 Å². The van der Waals surface area contributed by atoms with E-state index in [4.69, 9.17) is 8.92 Å². The smallest absolute Gasteiger partial charge is 0.406 e. The van der Waals surface area contributed by atoms with Gasteiger partial charge in [0.15, 0.2) is 5.71 Å². The Morgan fingerprint density at radius 2 is 1.81 bits per heavy atom. The summed E-state index contributed by atoms with van der Waals surface area (Å²) >= 11 is 0. The molecule has 1 fully saturated rings. The van der Waals surface area contributed by atoms with Crippen LogP contribution in [0.4, 0.5) is 4.79 Å². The van der Waals surface area contributed by atoms with E-state index in [0.717, 1.165) is 37.7 Å². The lowest BCUT2D eigenvalue weighted by Crippen LogP contribution is -2.34. The molecular formula is C14H26NO5S+. The SMILES string of the molecule is C[N+](C(=O)OC(C)(C)C)=C1CCC(COS(C)(=O)=O)CC1. The number of hydrogen-bond acceptors (Lipinski definition) is 5. The maximum absolute atomic E-state index is 12.0. The van der Waals surface area contributed by atoms with Crippen molar-refractivity contribution in [1.82, 2.24) is 0 Å². The molecule has 21 heavy (non-hydrogen) atoms. The normalized spacial score (nSPS) is 20.2. The first-order chi connectivity index (χ1) is 9.48. The van der Waals surface area contributed by atoms with Gasteiger partial charge in [-0.25, -0.2) is 0 Å². The van der Waals surface area contributed by atoms with Crippen LogP contribution in [-0.4, -0.2) is 50.3 Å². The number of rotatable bonds is 3. The Morgan fingerprint density at radius 1 is 1.29 bits per heavy atom. The minimum atomic E-state index is -3.38. The van der Waals surface area contributed by atoms with Gasteiger partial charge in [-0.3, -0.25) is 4.18 Å². The molecule has 1 aliphatic carbocycles. The van der Waals surface area contributed by atoms with Crippen molar-refractivity contribution in [2.45, 2.75) is 52.1 Å². The van der Waals surface area contributed by atoms with Crippen molar-refractivity contribution >= 4 is 21.9 Å². The molecular weight excluding hydrogens is 294 g/mol. The summed E-state index contributed by atoms with van der Waals surface area (Å²) in [6, 6.07) is 0. The fourth-order valence-corrected chi connectivity index (χ4v) is 2.63. The van der Waals surface area contributed by atoms with Gasteiger partial charge in [0.25, 0.3) is 10.1 Å². The van der Waals surface area contributed by atoms with Gasteiger partial charge < -0.3 is 4.74 Å². The average molecular weight is 320 g/mol. The first kappa shape index (κ1) is 18.1. The highest BCUT2D eigenvalue weighted by molar-refractivity contribution is 7.85. The van der Waals surface area contributed by atoms with Crippen LogP contribution < -0.4 is 0 Å². The molecule has 0 unspecified atom stereocenters. The Balaban J connectivity index is 2.54. The number of ether oxygens (including phenoxy) is 1. The molecule has 0 heterocycles. The molecule has 0 radical (unpaired) electrons. The third-order valence-electron chi connectivity index (χ3n) is 3.34. The van der Waals surface area contributed by atoms with Gasteiger partial charge in [-0.2, -0.15) is 13.2 Å². The van der Waals surface area contributed by atoms with Crippen LogP contribution >= 0.6 is 0 Å². The van der Waals surface area contributed by atoms with Gasteiger partial charge in [-0.1, -0.05) is 0 Å². The van der Waals surface area contributed by atoms with Gasteiger partial charge in [-0.15, -0.1) is 4.58 Å². The number of carbonyl (C=O) groups excluding carboxylic acids is 1. The summed E-state index contributed by atoms with van der Waals surface area (Å²) in [5.41, 5.74) is 0.520. The summed E-state index contributed by atoms with van der Waals surface area (Å²) in [5, 5.41) is 0. The van der Waals surface area contributed by atoms with Gasteiger partial charge >= 0.3 is 6.09 Å². The van der Waals surface area contributed by atoms with E-state index in [1.54, 1.807) is 11.6 Å². The summed E-state index contributed by atoms with van der Waals surface area (Å²) in [6.07, 6.45) is 3.86. The van der Waals surface area contributed by atoms with E-state index in [1.807, 2.05) is 20.8 Å². The van der Waals surface area contributed by atoms with Gasteiger partial charge in [0.2, 0.25) is 0 Å². The summed E-state index contributed by atoms with van der Waals surface area (Å²) in [7, 11) is -1.66. The third-order valence-corrected chi connectivity index (χ3v) is 3.91. The first-order valence-corrected chi connectivity index (χ1v) is 8.95. The Kier molecular flexibility index (Phi) is 5.92. The largest absolute Gasteiger partial charge is 0.596 e. The molecule has 0 atom stereocenters. The monoisotopic (exact) mass is 320 g/mol. The minimum absolute atomic E-state index is 0.218. The molecule has 0 aromatic rings. The van der Waals surface area contributed by atoms with E-state index in [0.29, 0.717) is 0 Å². The predicted molar refractivity (Wildman–Crippen MR) is 80.2 cm³/mol.